The minimum atomic E-state index is 0.662. The predicted molar refractivity (Wildman–Crippen MR) is 87.7 cm³/mol. The number of methoxy groups -OCH3 is 1. The first-order valence-electron chi connectivity index (χ1n) is 7.05. The number of nitrogen functional groups attached to an aromatic ring is 1. The van der Waals surface area contributed by atoms with Crippen LogP contribution in [-0.2, 0) is 0 Å². The van der Waals surface area contributed by atoms with E-state index in [0.717, 1.165) is 29.3 Å². The van der Waals surface area contributed by atoms with Crippen molar-refractivity contribution in [3.63, 3.8) is 0 Å². The van der Waals surface area contributed by atoms with Crippen LogP contribution in [0.2, 0.25) is 0 Å². The second kappa shape index (κ2) is 6.88. The molecule has 0 heterocycles. The van der Waals surface area contributed by atoms with E-state index >= 15 is 0 Å². The monoisotopic (exact) mass is 286 g/mol. The Bertz CT molecular complexity index is 582. The summed E-state index contributed by atoms with van der Waals surface area (Å²) in [5.41, 5.74) is 8.71. The lowest BCUT2D eigenvalue weighted by Gasteiger charge is -2.21. The van der Waals surface area contributed by atoms with Crippen LogP contribution in [0.25, 0.3) is 0 Å². The zero-order valence-electron chi connectivity index (χ0n) is 12.8. The van der Waals surface area contributed by atoms with Crippen molar-refractivity contribution in [1.29, 1.82) is 0 Å². The summed E-state index contributed by atoms with van der Waals surface area (Å²) in [4.78, 5) is 2.08. The topological polar surface area (TPSA) is 47.7 Å². The molecule has 0 spiro atoms. The summed E-state index contributed by atoms with van der Waals surface area (Å²) >= 11 is 0. The summed E-state index contributed by atoms with van der Waals surface area (Å²) in [6.07, 6.45) is 0.956. The van der Waals surface area contributed by atoms with Crippen molar-refractivity contribution in [2.75, 3.05) is 31.4 Å². The second-order valence-corrected chi connectivity index (χ2v) is 4.83. The van der Waals surface area contributed by atoms with Crippen molar-refractivity contribution in [2.24, 2.45) is 0 Å². The first-order valence-corrected chi connectivity index (χ1v) is 7.05. The Morgan fingerprint density at radius 1 is 1.05 bits per heavy atom. The van der Waals surface area contributed by atoms with Gasteiger partial charge in [-0.25, -0.2) is 0 Å². The molecule has 0 saturated carbocycles. The van der Waals surface area contributed by atoms with E-state index in [1.807, 2.05) is 49.5 Å². The van der Waals surface area contributed by atoms with Gasteiger partial charge in [0.2, 0.25) is 0 Å². The lowest BCUT2D eigenvalue weighted by Crippen LogP contribution is -2.10. The van der Waals surface area contributed by atoms with E-state index in [4.69, 9.17) is 15.2 Å². The maximum Gasteiger partial charge on any atom is 0.144 e. The Kier molecular flexibility index (Phi) is 4.93. The molecule has 0 aliphatic heterocycles. The van der Waals surface area contributed by atoms with Crippen molar-refractivity contribution in [3.05, 3.63) is 42.5 Å². The first kappa shape index (κ1) is 15.0. The normalized spacial score (nSPS) is 10.2. The minimum absolute atomic E-state index is 0.662. The van der Waals surface area contributed by atoms with Crippen LogP contribution in [0.4, 0.5) is 17.1 Å². The summed E-state index contributed by atoms with van der Waals surface area (Å²) in [5.74, 6) is 1.58. The Labute approximate surface area is 126 Å². The summed E-state index contributed by atoms with van der Waals surface area (Å²) in [7, 11) is 3.67. The van der Waals surface area contributed by atoms with E-state index in [0.29, 0.717) is 12.3 Å². The summed E-state index contributed by atoms with van der Waals surface area (Å²) < 4.78 is 10.9. The van der Waals surface area contributed by atoms with E-state index in [1.54, 1.807) is 7.11 Å². The number of nitrogens with zero attached hydrogens (tertiary/aromatic N) is 1. The molecule has 0 unspecified atom stereocenters. The van der Waals surface area contributed by atoms with Crippen LogP contribution < -0.4 is 20.1 Å². The van der Waals surface area contributed by atoms with Gasteiger partial charge in [-0.1, -0.05) is 6.92 Å². The smallest absolute Gasteiger partial charge is 0.144 e. The standard InChI is InChI=1S/C17H22N2O2/c1-4-11-21-17-12-14(7-10-16(17)18)19(2)13-5-8-15(20-3)9-6-13/h5-10,12H,4,11,18H2,1-3H3. The Hall–Kier alpha value is -2.36. The predicted octanol–water partition coefficient (Wildman–Crippen LogP) is 3.83. The quantitative estimate of drug-likeness (QED) is 0.820. The van der Waals surface area contributed by atoms with Gasteiger partial charge >= 0.3 is 0 Å². The Morgan fingerprint density at radius 2 is 1.71 bits per heavy atom. The number of hydrogen-bond donors (Lipinski definition) is 1. The molecule has 0 saturated heterocycles. The highest BCUT2D eigenvalue weighted by Gasteiger charge is 2.08. The third-order valence-corrected chi connectivity index (χ3v) is 3.31. The van der Waals surface area contributed by atoms with E-state index in [9.17, 15) is 0 Å². The Balaban J connectivity index is 2.23. The maximum absolute atomic E-state index is 5.95. The average Bonchev–Trinajstić information content (AvgIpc) is 2.53. The maximum atomic E-state index is 5.95. The van der Waals surface area contributed by atoms with E-state index in [2.05, 4.69) is 11.8 Å². The summed E-state index contributed by atoms with van der Waals surface area (Å²) in [6.45, 7) is 2.74. The van der Waals surface area contributed by atoms with Crippen molar-refractivity contribution in [1.82, 2.24) is 0 Å². The molecule has 21 heavy (non-hydrogen) atoms. The van der Waals surface area contributed by atoms with Gasteiger partial charge in [0.1, 0.15) is 11.5 Å². The molecule has 4 heteroatoms. The largest absolute Gasteiger partial charge is 0.497 e. The molecule has 0 aliphatic rings. The minimum Gasteiger partial charge on any atom is -0.497 e. The molecule has 0 bridgehead atoms. The number of ether oxygens (including phenoxy) is 2. The molecule has 0 amide bonds. The molecule has 112 valence electrons. The number of anilines is 3. The highest BCUT2D eigenvalue weighted by molar-refractivity contribution is 5.68. The zero-order valence-corrected chi connectivity index (χ0v) is 12.8. The fourth-order valence-corrected chi connectivity index (χ4v) is 2.02. The fraction of sp³-hybridized carbons (Fsp3) is 0.294. The summed E-state index contributed by atoms with van der Waals surface area (Å²) in [5, 5.41) is 0. The van der Waals surface area contributed by atoms with Gasteiger partial charge in [0.15, 0.2) is 0 Å². The van der Waals surface area contributed by atoms with Crippen molar-refractivity contribution >= 4 is 17.1 Å². The molecular formula is C17H22N2O2. The molecule has 0 fully saturated rings. The van der Waals surface area contributed by atoms with Crippen molar-refractivity contribution < 1.29 is 9.47 Å². The third-order valence-electron chi connectivity index (χ3n) is 3.31. The van der Waals surface area contributed by atoms with Crippen LogP contribution in [0.3, 0.4) is 0 Å². The number of rotatable bonds is 6. The van der Waals surface area contributed by atoms with Crippen molar-refractivity contribution in [3.8, 4) is 11.5 Å². The highest BCUT2D eigenvalue weighted by Crippen LogP contribution is 2.31. The van der Waals surface area contributed by atoms with E-state index in [1.165, 1.54) is 0 Å². The molecule has 0 aromatic heterocycles. The van der Waals surface area contributed by atoms with Crippen LogP contribution in [0.1, 0.15) is 13.3 Å². The van der Waals surface area contributed by atoms with Gasteiger partial charge in [0.05, 0.1) is 19.4 Å². The number of benzene rings is 2. The molecule has 4 nitrogen and oxygen atoms in total. The van der Waals surface area contributed by atoms with Gasteiger partial charge in [0, 0.05) is 24.5 Å². The first-order chi connectivity index (χ1) is 10.2. The highest BCUT2D eigenvalue weighted by atomic mass is 16.5. The molecule has 2 N–H and O–H groups in total. The number of nitrogens with two attached hydrogens (primary N) is 1. The van der Waals surface area contributed by atoms with E-state index < -0.39 is 0 Å². The van der Waals surface area contributed by atoms with Gasteiger partial charge in [-0.05, 0) is 42.8 Å². The van der Waals surface area contributed by atoms with Gasteiger partial charge < -0.3 is 20.1 Å². The van der Waals surface area contributed by atoms with Gasteiger partial charge in [-0.15, -0.1) is 0 Å². The SMILES string of the molecule is CCCOc1cc(N(C)c2ccc(OC)cc2)ccc1N. The lowest BCUT2D eigenvalue weighted by atomic mass is 10.2. The fourth-order valence-electron chi connectivity index (χ4n) is 2.02. The summed E-state index contributed by atoms with van der Waals surface area (Å²) in [6, 6.07) is 13.7. The van der Waals surface area contributed by atoms with Crippen LogP contribution in [0.5, 0.6) is 11.5 Å². The van der Waals surface area contributed by atoms with Crippen LogP contribution >= 0.6 is 0 Å². The molecule has 2 rings (SSSR count). The van der Waals surface area contributed by atoms with Gasteiger partial charge in [-0.2, -0.15) is 0 Å². The zero-order chi connectivity index (χ0) is 15.2. The van der Waals surface area contributed by atoms with Crippen molar-refractivity contribution in [2.45, 2.75) is 13.3 Å². The lowest BCUT2D eigenvalue weighted by molar-refractivity contribution is 0.319. The van der Waals surface area contributed by atoms with Crippen LogP contribution in [0.15, 0.2) is 42.5 Å². The van der Waals surface area contributed by atoms with Gasteiger partial charge in [-0.3, -0.25) is 0 Å². The van der Waals surface area contributed by atoms with E-state index in [-0.39, 0.29) is 0 Å². The molecule has 0 atom stereocenters. The third kappa shape index (κ3) is 3.60. The molecule has 0 aliphatic carbocycles. The van der Waals surface area contributed by atoms with Gasteiger partial charge in [0.25, 0.3) is 0 Å². The molecule has 0 radical (unpaired) electrons. The number of hydrogen-bond acceptors (Lipinski definition) is 4. The molecule has 2 aromatic rings. The Morgan fingerprint density at radius 3 is 2.33 bits per heavy atom. The average molecular weight is 286 g/mol. The second-order valence-electron chi connectivity index (χ2n) is 4.83. The molecular weight excluding hydrogens is 264 g/mol. The van der Waals surface area contributed by atoms with Crippen LogP contribution in [0, 0.1) is 0 Å². The van der Waals surface area contributed by atoms with Crippen LogP contribution in [-0.4, -0.2) is 20.8 Å². The molecule has 2 aromatic carbocycles.